The van der Waals surface area contributed by atoms with Crippen LogP contribution in [-0.2, 0) is 28.5 Å². The number of benzene rings is 2. The number of alkyl carbamates (subject to hydrolysis) is 2. The van der Waals surface area contributed by atoms with Gasteiger partial charge in [-0.3, -0.25) is 9.59 Å². The van der Waals surface area contributed by atoms with E-state index in [9.17, 15) is 19.2 Å². The summed E-state index contributed by atoms with van der Waals surface area (Å²) < 4.78 is 21.0. The highest BCUT2D eigenvalue weighted by atomic mass is 16.5. The third kappa shape index (κ3) is 8.17. The molecule has 6 heterocycles. The number of nitrogens with zero attached hydrogens (tertiary/aromatic N) is 4. The minimum atomic E-state index is -0.663. The van der Waals surface area contributed by atoms with Crippen molar-refractivity contribution in [3.8, 4) is 22.5 Å². The van der Waals surface area contributed by atoms with E-state index in [4.69, 9.17) is 28.9 Å². The summed E-state index contributed by atoms with van der Waals surface area (Å²) in [5.41, 5.74) is 6.52. The first-order valence-corrected chi connectivity index (χ1v) is 23.6. The van der Waals surface area contributed by atoms with Crippen LogP contribution in [0, 0.1) is 23.7 Å². The summed E-state index contributed by atoms with van der Waals surface area (Å²) in [6.07, 6.45) is 10.1. The predicted octanol–water partition coefficient (Wildman–Crippen LogP) is 6.36. The molecule has 342 valence electrons. The lowest BCUT2D eigenvalue weighted by molar-refractivity contribution is -0.138. The van der Waals surface area contributed by atoms with Gasteiger partial charge in [-0.05, 0) is 116 Å². The van der Waals surface area contributed by atoms with E-state index in [1.807, 2.05) is 22.2 Å². The van der Waals surface area contributed by atoms with Crippen molar-refractivity contribution in [2.75, 3.05) is 40.6 Å². The average Bonchev–Trinajstić information content (AvgIpc) is 4.28. The van der Waals surface area contributed by atoms with E-state index in [1.165, 1.54) is 25.3 Å². The molecule has 10 atom stereocenters. The van der Waals surface area contributed by atoms with Crippen LogP contribution in [0.4, 0.5) is 9.59 Å². The Morgan fingerprint density at radius 3 is 1.38 bits per heavy atom. The fourth-order valence-corrected chi connectivity index (χ4v) is 11.6. The molecule has 2 aromatic heterocycles. The maximum atomic E-state index is 14.2. The number of H-pyrrole nitrogens is 2. The highest BCUT2D eigenvalue weighted by molar-refractivity contribution is 5.88. The number of carbonyl (C=O) groups excluding carboxylic acids is 4. The summed E-state index contributed by atoms with van der Waals surface area (Å²) in [4.78, 5) is 73.9. The van der Waals surface area contributed by atoms with Crippen molar-refractivity contribution < 1.29 is 38.1 Å². The lowest BCUT2D eigenvalue weighted by Gasteiger charge is -2.35. The summed E-state index contributed by atoms with van der Waals surface area (Å²) in [7, 11) is 2.65. The maximum absolute atomic E-state index is 14.2. The highest BCUT2D eigenvalue weighted by Gasteiger charge is 2.58. The van der Waals surface area contributed by atoms with E-state index in [-0.39, 0.29) is 47.8 Å². The van der Waals surface area contributed by atoms with Crippen molar-refractivity contribution in [2.24, 2.45) is 23.7 Å². The van der Waals surface area contributed by atoms with Gasteiger partial charge in [-0.15, -0.1) is 0 Å². The van der Waals surface area contributed by atoms with Gasteiger partial charge in [-0.25, -0.2) is 19.6 Å². The monoisotopic (exact) mass is 886 g/mol. The molecule has 16 nitrogen and oxygen atoms in total. The summed E-state index contributed by atoms with van der Waals surface area (Å²) >= 11 is 0. The molecule has 7 aliphatic rings. The van der Waals surface area contributed by atoms with Gasteiger partial charge in [0.15, 0.2) is 0 Å². The number of fused-ring (bicyclic) bond motifs is 2. The molecule has 0 bridgehead atoms. The Labute approximate surface area is 377 Å². The quantitative estimate of drug-likeness (QED) is 0.124. The number of aromatic amines is 2. The Bertz CT molecular complexity index is 2240. The number of hydrogen-bond acceptors (Lipinski definition) is 10. The Morgan fingerprint density at radius 1 is 0.600 bits per heavy atom. The molecule has 4 amide bonds. The molecular formula is C49H58N8O8. The van der Waals surface area contributed by atoms with E-state index >= 15 is 0 Å². The molecule has 0 radical (unpaired) electrons. The maximum Gasteiger partial charge on any atom is 0.407 e. The van der Waals surface area contributed by atoms with Crippen LogP contribution in [0.2, 0.25) is 0 Å². The number of amides is 4. The van der Waals surface area contributed by atoms with Crippen molar-refractivity contribution in [3.05, 3.63) is 83.7 Å². The Balaban J connectivity index is 0.725. The fraction of sp³-hybridized carbons (Fsp3) is 0.551. The molecule has 4 aliphatic heterocycles. The molecule has 7 fully saturated rings. The molecule has 3 saturated carbocycles. The van der Waals surface area contributed by atoms with Crippen molar-refractivity contribution in [2.45, 2.75) is 106 Å². The predicted molar refractivity (Wildman–Crippen MR) is 236 cm³/mol. The molecule has 0 unspecified atom stereocenters. The van der Waals surface area contributed by atoms with Crippen LogP contribution < -0.4 is 10.6 Å². The first-order chi connectivity index (χ1) is 31.8. The number of carbonyl (C=O) groups is 4. The molecule has 4 N–H and O–H groups in total. The standard InChI is InChI=1S/C49H58N8O8/c1-62-48(60)54-42(30-11-15-64-16-12-30)46(58)56-38-19-32(38)21-40(56)44-50-24-36(52-44)28-7-3-26(4-8-28)34-23-35(34)27-5-9-29(10-6-27)37-25-51-45(53-37)41-22-33-20-39(33)57(41)47(59)43(55-49(61)63-2)31-13-17-65-18-14-31/h3-10,24-25,30-35,38-43H,11-23H2,1-2H3,(H,50,52)(H,51,53)(H,54,60)(H,55,61)/t32-,33-,34-,35+,38-,39-,40+,41+,42+,43-/m1/s1. The lowest BCUT2D eigenvalue weighted by atomic mass is 9.90. The molecule has 0 spiro atoms. The van der Waals surface area contributed by atoms with Gasteiger partial charge in [0, 0.05) is 38.5 Å². The second kappa shape index (κ2) is 17.2. The third-order valence-electron chi connectivity index (χ3n) is 15.6. The van der Waals surface area contributed by atoms with Crippen molar-refractivity contribution in [1.29, 1.82) is 0 Å². The first kappa shape index (κ1) is 41.9. The summed E-state index contributed by atoms with van der Waals surface area (Å²) in [5, 5.41) is 5.72. The number of ether oxygens (including phenoxy) is 4. The van der Waals surface area contributed by atoms with Crippen molar-refractivity contribution in [1.82, 2.24) is 40.4 Å². The van der Waals surface area contributed by atoms with Crippen LogP contribution >= 0.6 is 0 Å². The van der Waals surface area contributed by atoms with Crippen LogP contribution in [0.1, 0.15) is 104 Å². The van der Waals surface area contributed by atoms with Crippen LogP contribution in [0.15, 0.2) is 60.9 Å². The zero-order chi connectivity index (χ0) is 44.3. The van der Waals surface area contributed by atoms with E-state index in [0.717, 1.165) is 66.3 Å². The van der Waals surface area contributed by atoms with Crippen LogP contribution in [0.3, 0.4) is 0 Å². The normalized spacial score (nSPS) is 29.0. The van der Waals surface area contributed by atoms with Gasteiger partial charge < -0.3 is 49.3 Å². The number of likely N-dealkylation sites (tertiary alicyclic amines) is 2. The number of nitrogens with one attached hydrogen (secondary N) is 4. The van der Waals surface area contributed by atoms with Gasteiger partial charge in [0.05, 0.1) is 50.1 Å². The number of methoxy groups -OCH3 is 2. The van der Waals surface area contributed by atoms with Gasteiger partial charge in [0.1, 0.15) is 23.7 Å². The molecular weight excluding hydrogens is 829 g/mol. The van der Waals surface area contributed by atoms with Crippen molar-refractivity contribution in [3.63, 3.8) is 0 Å². The Morgan fingerprint density at radius 2 is 1.00 bits per heavy atom. The molecule has 11 rings (SSSR count). The molecule has 4 aromatic rings. The Hall–Kier alpha value is -5.74. The summed E-state index contributed by atoms with van der Waals surface area (Å²) in [6, 6.07) is 16.2. The van der Waals surface area contributed by atoms with Crippen LogP contribution in [0.25, 0.3) is 22.5 Å². The number of hydrogen-bond donors (Lipinski definition) is 4. The number of imidazole rings is 2. The summed E-state index contributed by atoms with van der Waals surface area (Å²) in [6.45, 7) is 2.29. The van der Waals surface area contributed by atoms with E-state index in [1.54, 1.807) is 0 Å². The highest BCUT2D eigenvalue weighted by Crippen LogP contribution is 2.56. The van der Waals surface area contributed by atoms with E-state index in [2.05, 4.69) is 69.1 Å². The number of rotatable bonds is 12. The van der Waals surface area contributed by atoms with Crippen molar-refractivity contribution >= 4 is 24.0 Å². The molecule has 16 heteroatoms. The molecule has 4 saturated heterocycles. The van der Waals surface area contributed by atoms with Crippen LogP contribution in [0.5, 0.6) is 0 Å². The average molecular weight is 887 g/mol. The van der Waals surface area contributed by atoms with Gasteiger partial charge in [-0.2, -0.15) is 0 Å². The third-order valence-corrected chi connectivity index (χ3v) is 15.6. The second-order valence-corrected chi connectivity index (χ2v) is 19.3. The molecule has 2 aromatic carbocycles. The van der Waals surface area contributed by atoms with Crippen LogP contribution in [-0.4, -0.2) is 119 Å². The lowest BCUT2D eigenvalue weighted by Crippen LogP contribution is -2.54. The Kier molecular flexibility index (Phi) is 11.1. The topological polar surface area (TPSA) is 193 Å². The van der Waals surface area contributed by atoms with E-state index < -0.39 is 24.3 Å². The first-order valence-electron chi connectivity index (χ1n) is 23.6. The van der Waals surface area contributed by atoms with E-state index in [0.29, 0.717) is 75.8 Å². The number of piperidine rings is 2. The largest absolute Gasteiger partial charge is 0.453 e. The van der Waals surface area contributed by atoms with Gasteiger partial charge in [0.2, 0.25) is 11.8 Å². The summed E-state index contributed by atoms with van der Waals surface area (Å²) in [5.74, 6) is 3.19. The minimum absolute atomic E-state index is 0.0115. The number of aromatic nitrogens is 4. The van der Waals surface area contributed by atoms with Gasteiger partial charge in [-0.1, -0.05) is 48.5 Å². The fourth-order valence-electron chi connectivity index (χ4n) is 11.6. The zero-order valence-corrected chi connectivity index (χ0v) is 36.9. The zero-order valence-electron chi connectivity index (χ0n) is 36.9. The smallest absolute Gasteiger partial charge is 0.407 e. The molecule has 3 aliphatic carbocycles. The van der Waals surface area contributed by atoms with Gasteiger partial charge in [0.25, 0.3) is 0 Å². The minimum Gasteiger partial charge on any atom is -0.453 e. The van der Waals surface area contributed by atoms with Gasteiger partial charge >= 0.3 is 12.2 Å². The molecule has 65 heavy (non-hydrogen) atoms. The SMILES string of the molecule is COC(=O)N[C@H](C(=O)N1[C@@H]2C[C@@H]2C[C@H]1c1ncc(-c2ccc([C@H]3C[C@H]3c3ccc(-c4cnc([C@@H]5C[C@H]6C[C@H]6N5C(=O)[C@H](NC(=O)OC)C5CCOCC5)[nH]4)cc3)cc2)[nH]1)C1CCOCC1. The second-order valence-electron chi connectivity index (χ2n) is 19.3.